The molecule has 0 aliphatic carbocycles. The summed E-state index contributed by atoms with van der Waals surface area (Å²) in [6.45, 7) is 5.78. The number of nitrogens with one attached hydrogen (secondary N) is 1. The van der Waals surface area contributed by atoms with Crippen LogP contribution in [0.15, 0.2) is 30.3 Å². The smallest absolute Gasteiger partial charge is 0.322 e. The van der Waals surface area contributed by atoms with Gasteiger partial charge in [-0.1, -0.05) is 13.3 Å². The summed E-state index contributed by atoms with van der Waals surface area (Å²) in [4.78, 5) is 14.9. The molecule has 1 unspecified atom stereocenters. The number of anilines is 1. The third-order valence-electron chi connectivity index (χ3n) is 4.94. The SMILES string of the molecule is CCCC1c2ccc(C)n2CCN1C(=O)Nc1cc(OC)cc(OC)c1. The van der Waals surface area contributed by atoms with Crippen molar-refractivity contribution in [2.24, 2.45) is 0 Å². The van der Waals surface area contributed by atoms with E-state index in [1.165, 1.54) is 11.4 Å². The number of hydrogen-bond acceptors (Lipinski definition) is 3. The summed E-state index contributed by atoms with van der Waals surface area (Å²) in [6.07, 6.45) is 1.96. The van der Waals surface area contributed by atoms with Crippen LogP contribution in [0.2, 0.25) is 0 Å². The van der Waals surface area contributed by atoms with Crippen molar-refractivity contribution in [2.75, 3.05) is 26.1 Å². The molecule has 6 heteroatoms. The van der Waals surface area contributed by atoms with E-state index in [4.69, 9.17) is 9.47 Å². The van der Waals surface area contributed by atoms with E-state index in [-0.39, 0.29) is 12.1 Å². The molecule has 0 saturated heterocycles. The number of carbonyl (C=O) groups excluding carboxylic acids is 1. The molecule has 140 valence electrons. The van der Waals surface area contributed by atoms with Crippen LogP contribution in [0.4, 0.5) is 10.5 Å². The first-order valence-electron chi connectivity index (χ1n) is 9.04. The van der Waals surface area contributed by atoms with Gasteiger partial charge < -0.3 is 24.3 Å². The van der Waals surface area contributed by atoms with Crippen molar-refractivity contribution in [3.05, 3.63) is 41.7 Å². The number of rotatable bonds is 5. The van der Waals surface area contributed by atoms with E-state index in [1.54, 1.807) is 32.4 Å². The molecule has 2 amide bonds. The molecule has 1 N–H and O–H groups in total. The summed E-state index contributed by atoms with van der Waals surface area (Å²) in [5, 5.41) is 3.00. The Hall–Kier alpha value is -2.63. The minimum absolute atomic E-state index is 0.0925. The lowest BCUT2D eigenvalue weighted by Crippen LogP contribution is -2.44. The summed E-state index contributed by atoms with van der Waals surface area (Å²) >= 11 is 0. The zero-order chi connectivity index (χ0) is 18.7. The van der Waals surface area contributed by atoms with Crippen LogP contribution >= 0.6 is 0 Å². The van der Waals surface area contributed by atoms with Crippen LogP contribution in [0.1, 0.15) is 37.2 Å². The molecule has 1 aliphatic heterocycles. The van der Waals surface area contributed by atoms with Crippen LogP contribution in [0, 0.1) is 6.92 Å². The van der Waals surface area contributed by atoms with Gasteiger partial charge in [-0.2, -0.15) is 0 Å². The first-order chi connectivity index (χ1) is 12.6. The number of methoxy groups -OCH3 is 2. The molecule has 2 heterocycles. The van der Waals surface area contributed by atoms with Crippen LogP contribution in [0.3, 0.4) is 0 Å². The predicted octanol–water partition coefficient (Wildman–Crippen LogP) is 4.20. The monoisotopic (exact) mass is 357 g/mol. The minimum Gasteiger partial charge on any atom is -0.497 e. The first-order valence-corrected chi connectivity index (χ1v) is 9.04. The fourth-order valence-corrected chi connectivity index (χ4v) is 3.60. The molecule has 0 fully saturated rings. The van der Waals surface area contributed by atoms with E-state index in [9.17, 15) is 4.79 Å². The number of urea groups is 1. The lowest BCUT2D eigenvalue weighted by atomic mass is 10.0. The van der Waals surface area contributed by atoms with E-state index in [1.807, 2.05) is 4.90 Å². The van der Waals surface area contributed by atoms with Crippen LogP contribution in [-0.2, 0) is 6.54 Å². The highest BCUT2D eigenvalue weighted by molar-refractivity contribution is 5.90. The van der Waals surface area contributed by atoms with Crippen LogP contribution < -0.4 is 14.8 Å². The maximum atomic E-state index is 13.0. The second kappa shape index (κ2) is 7.72. The van der Waals surface area contributed by atoms with Crippen molar-refractivity contribution < 1.29 is 14.3 Å². The van der Waals surface area contributed by atoms with Gasteiger partial charge in [0.25, 0.3) is 0 Å². The first kappa shape index (κ1) is 18.2. The van der Waals surface area contributed by atoms with Gasteiger partial charge in [0.2, 0.25) is 0 Å². The topological polar surface area (TPSA) is 55.7 Å². The Labute approximate surface area is 154 Å². The summed E-state index contributed by atoms with van der Waals surface area (Å²) in [7, 11) is 3.19. The number of hydrogen-bond donors (Lipinski definition) is 1. The van der Waals surface area contributed by atoms with Gasteiger partial charge in [0.15, 0.2) is 0 Å². The second-order valence-electron chi connectivity index (χ2n) is 6.58. The quantitative estimate of drug-likeness (QED) is 0.872. The second-order valence-corrected chi connectivity index (χ2v) is 6.58. The highest BCUT2D eigenvalue weighted by Crippen LogP contribution is 2.32. The number of aromatic nitrogens is 1. The van der Waals surface area contributed by atoms with Crippen molar-refractivity contribution >= 4 is 11.7 Å². The molecular formula is C20H27N3O3. The molecular weight excluding hydrogens is 330 g/mol. The molecule has 0 spiro atoms. The zero-order valence-corrected chi connectivity index (χ0v) is 15.9. The normalized spacial score (nSPS) is 16.2. The van der Waals surface area contributed by atoms with Gasteiger partial charge in [-0.05, 0) is 25.5 Å². The van der Waals surface area contributed by atoms with E-state index >= 15 is 0 Å². The molecule has 1 aliphatic rings. The molecule has 0 radical (unpaired) electrons. The van der Waals surface area contributed by atoms with Crippen molar-refractivity contribution in [3.8, 4) is 11.5 Å². The Morgan fingerprint density at radius 3 is 2.46 bits per heavy atom. The number of amides is 2. The van der Waals surface area contributed by atoms with Crippen LogP contribution in [0.5, 0.6) is 11.5 Å². The maximum Gasteiger partial charge on any atom is 0.322 e. The van der Waals surface area contributed by atoms with Crippen molar-refractivity contribution in [1.29, 1.82) is 0 Å². The Kier molecular flexibility index (Phi) is 5.40. The molecule has 26 heavy (non-hydrogen) atoms. The van der Waals surface area contributed by atoms with E-state index in [2.05, 4.69) is 35.9 Å². The Morgan fingerprint density at radius 1 is 1.15 bits per heavy atom. The summed E-state index contributed by atoms with van der Waals surface area (Å²) < 4.78 is 12.9. The summed E-state index contributed by atoms with van der Waals surface area (Å²) in [5.41, 5.74) is 3.13. The summed E-state index contributed by atoms with van der Waals surface area (Å²) in [5.74, 6) is 1.29. The Balaban J connectivity index is 1.83. The minimum atomic E-state index is -0.0936. The van der Waals surface area contributed by atoms with Gasteiger partial charge in [0, 0.05) is 48.4 Å². The lowest BCUT2D eigenvalue weighted by Gasteiger charge is -2.37. The Morgan fingerprint density at radius 2 is 1.85 bits per heavy atom. The molecule has 6 nitrogen and oxygen atoms in total. The van der Waals surface area contributed by atoms with Crippen LogP contribution in [0.25, 0.3) is 0 Å². The third kappa shape index (κ3) is 3.49. The van der Waals surface area contributed by atoms with Gasteiger partial charge in [0.1, 0.15) is 11.5 Å². The largest absolute Gasteiger partial charge is 0.497 e. The summed E-state index contributed by atoms with van der Waals surface area (Å²) in [6, 6.07) is 9.65. The Bertz CT molecular complexity index is 762. The number of benzene rings is 1. The zero-order valence-electron chi connectivity index (χ0n) is 15.9. The van der Waals surface area contributed by atoms with E-state index in [0.29, 0.717) is 23.7 Å². The fraction of sp³-hybridized carbons (Fsp3) is 0.450. The molecule has 0 saturated carbocycles. The van der Waals surface area contributed by atoms with E-state index in [0.717, 1.165) is 19.4 Å². The average molecular weight is 357 g/mol. The third-order valence-corrected chi connectivity index (χ3v) is 4.94. The van der Waals surface area contributed by atoms with Gasteiger partial charge >= 0.3 is 6.03 Å². The standard InChI is InChI=1S/C20H27N3O3/c1-5-6-18-19-8-7-14(2)22(19)9-10-23(18)20(24)21-15-11-16(25-3)13-17(12-15)26-4/h7-8,11-13,18H,5-6,9-10H2,1-4H3,(H,21,24). The van der Waals surface area contributed by atoms with Gasteiger partial charge in [0.05, 0.1) is 20.3 Å². The van der Waals surface area contributed by atoms with Crippen molar-refractivity contribution in [2.45, 2.75) is 39.3 Å². The molecule has 1 atom stereocenters. The highest BCUT2D eigenvalue weighted by atomic mass is 16.5. The number of fused-ring (bicyclic) bond motifs is 1. The van der Waals surface area contributed by atoms with Crippen LogP contribution in [-0.4, -0.2) is 36.3 Å². The molecule has 1 aromatic carbocycles. The fourth-order valence-electron chi connectivity index (χ4n) is 3.60. The van der Waals surface area contributed by atoms with Gasteiger partial charge in [-0.15, -0.1) is 0 Å². The predicted molar refractivity (Wildman–Crippen MR) is 102 cm³/mol. The molecule has 2 aromatic rings. The van der Waals surface area contributed by atoms with Gasteiger partial charge in [-0.25, -0.2) is 4.79 Å². The molecule has 3 rings (SSSR count). The van der Waals surface area contributed by atoms with Crippen molar-refractivity contribution in [1.82, 2.24) is 9.47 Å². The number of carbonyl (C=O) groups is 1. The maximum absolute atomic E-state index is 13.0. The lowest BCUT2D eigenvalue weighted by molar-refractivity contribution is 0.162. The number of ether oxygens (including phenoxy) is 2. The van der Waals surface area contributed by atoms with Crippen molar-refractivity contribution in [3.63, 3.8) is 0 Å². The average Bonchev–Trinajstić information content (AvgIpc) is 3.03. The molecule has 1 aromatic heterocycles. The number of aryl methyl sites for hydroxylation is 1. The highest BCUT2D eigenvalue weighted by Gasteiger charge is 2.31. The molecule has 0 bridgehead atoms. The number of nitrogens with zero attached hydrogens (tertiary/aromatic N) is 2. The van der Waals surface area contributed by atoms with E-state index < -0.39 is 0 Å². The van der Waals surface area contributed by atoms with Gasteiger partial charge in [-0.3, -0.25) is 0 Å².